The summed E-state index contributed by atoms with van der Waals surface area (Å²) in [5.41, 5.74) is 8.11. The molecule has 1 fully saturated rings. The van der Waals surface area contributed by atoms with E-state index in [1.807, 2.05) is 13.0 Å². The summed E-state index contributed by atoms with van der Waals surface area (Å²) in [6, 6.07) is 4.16. The summed E-state index contributed by atoms with van der Waals surface area (Å²) in [7, 11) is 0. The topological polar surface area (TPSA) is 66.5 Å². The number of aliphatic imine (C=N–C) groups is 1. The highest BCUT2D eigenvalue weighted by atomic mass is 127. The van der Waals surface area contributed by atoms with Crippen LogP contribution in [0.25, 0.3) is 0 Å². The molecule has 1 aliphatic heterocycles. The highest BCUT2D eigenvalue weighted by Gasteiger charge is 2.17. The second kappa shape index (κ2) is 9.17. The molecular formula is C16H28IN5. The van der Waals surface area contributed by atoms with Crippen molar-refractivity contribution in [2.75, 3.05) is 24.5 Å². The van der Waals surface area contributed by atoms with Gasteiger partial charge in [0.25, 0.3) is 0 Å². The highest BCUT2D eigenvalue weighted by Crippen LogP contribution is 2.23. The molecule has 3 N–H and O–H groups in total. The maximum atomic E-state index is 5.91. The number of hydrogen-bond acceptors (Lipinski definition) is 3. The molecule has 0 amide bonds. The second-order valence-electron chi connectivity index (χ2n) is 6.11. The quantitative estimate of drug-likeness (QED) is 0.439. The van der Waals surface area contributed by atoms with E-state index in [1.54, 1.807) is 0 Å². The summed E-state index contributed by atoms with van der Waals surface area (Å²) in [4.78, 5) is 11.5. The number of halogens is 1. The molecule has 1 saturated heterocycles. The lowest BCUT2D eigenvalue weighted by Crippen LogP contribution is -2.34. The third-order valence-electron chi connectivity index (χ3n) is 3.61. The molecule has 0 aromatic carbocycles. The zero-order valence-electron chi connectivity index (χ0n) is 13.8. The van der Waals surface area contributed by atoms with Crippen LogP contribution in [0, 0.1) is 12.8 Å². The standard InChI is InChI=1S/C16H27N5.HI/c1-12(2)10-18-16(17)19-11-14-7-6-13(3)20-15(14)21-8-4-5-9-21;/h6-7,12H,4-5,8-11H2,1-3H3,(H3,17,18,19);1H. The Morgan fingerprint density at radius 3 is 2.68 bits per heavy atom. The molecule has 124 valence electrons. The fourth-order valence-electron chi connectivity index (χ4n) is 2.43. The van der Waals surface area contributed by atoms with Crippen LogP contribution < -0.4 is 16.0 Å². The SMILES string of the molecule is Cc1ccc(CN=C(N)NCC(C)C)c(N2CCCC2)n1.I. The van der Waals surface area contributed by atoms with E-state index >= 15 is 0 Å². The van der Waals surface area contributed by atoms with Crippen molar-refractivity contribution in [2.45, 2.75) is 40.2 Å². The first-order valence-corrected chi connectivity index (χ1v) is 7.81. The molecular weight excluding hydrogens is 389 g/mol. The largest absolute Gasteiger partial charge is 0.370 e. The Morgan fingerprint density at radius 1 is 1.36 bits per heavy atom. The summed E-state index contributed by atoms with van der Waals surface area (Å²) >= 11 is 0. The lowest BCUT2D eigenvalue weighted by molar-refractivity contribution is 0.622. The van der Waals surface area contributed by atoms with Crippen LogP contribution in [0.15, 0.2) is 17.1 Å². The number of aryl methyl sites for hydroxylation is 1. The Labute approximate surface area is 150 Å². The summed E-state index contributed by atoms with van der Waals surface area (Å²) in [5, 5.41) is 3.15. The summed E-state index contributed by atoms with van der Waals surface area (Å²) in [5.74, 6) is 2.14. The van der Waals surface area contributed by atoms with Gasteiger partial charge in [-0.05, 0) is 31.7 Å². The van der Waals surface area contributed by atoms with E-state index in [2.05, 4.69) is 35.1 Å². The van der Waals surface area contributed by atoms with E-state index in [9.17, 15) is 0 Å². The van der Waals surface area contributed by atoms with Crippen molar-refractivity contribution in [3.63, 3.8) is 0 Å². The van der Waals surface area contributed by atoms with Crippen LogP contribution in [0.3, 0.4) is 0 Å². The van der Waals surface area contributed by atoms with Gasteiger partial charge in [0.05, 0.1) is 6.54 Å². The number of pyridine rings is 1. The van der Waals surface area contributed by atoms with Gasteiger partial charge in [-0.25, -0.2) is 9.98 Å². The molecule has 0 spiro atoms. The van der Waals surface area contributed by atoms with E-state index in [-0.39, 0.29) is 24.0 Å². The smallest absolute Gasteiger partial charge is 0.188 e. The number of aromatic nitrogens is 1. The minimum atomic E-state index is 0. The molecule has 22 heavy (non-hydrogen) atoms. The molecule has 2 heterocycles. The zero-order valence-corrected chi connectivity index (χ0v) is 16.1. The fraction of sp³-hybridized carbons (Fsp3) is 0.625. The predicted octanol–water partition coefficient (Wildman–Crippen LogP) is 2.67. The molecule has 6 heteroatoms. The molecule has 0 radical (unpaired) electrons. The van der Waals surface area contributed by atoms with Gasteiger partial charge in [0.1, 0.15) is 5.82 Å². The van der Waals surface area contributed by atoms with E-state index in [0.29, 0.717) is 18.4 Å². The van der Waals surface area contributed by atoms with Gasteiger partial charge in [-0.1, -0.05) is 19.9 Å². The first-order valence-electron chi connectivity index (χ1n) is 7.81. The molecule has 0 saturated carbocycles. The van der Waals surface area contributed by atoms with Crippen molar-refractivity contribution in [3.05, 3.63) is 23.4 Å². The first kappa shape index (κ1) is 19.0. The predicted molar refractivity (Wildman–Crippen MR) is 104 cm³/mol. The highest BCUT2D eigenvalue weighted by molar-refractivity contribution is 14.0. The van der Waals surface area contributed by atoms with Crippen LogP contribution in [0.2, 0.25) is 0 Å². The van der Waals surface area contributed by atoms with Gasteiger partial charge in [-0.15, -0.1) is 24.0 Å². The minimum absolute atomic E-state index is 0. The normalized spacial score (nSPS) is 15.1. The van der Waals surface area contributed by atoms with Crippen molar-refractivity contribution in [1.82, 2.24) is 10.3 Å². The van der Waals surface area contributed by atoms with Gasteiger partial charge in [-0.3, -0.25) is 0 Å². The molecule has 1 aliphatic rings. The minimum Gasteiger partial charge on any atom is -0.370 e. The molecule has 0 atom stereocenters. The number of rotatable bonds is 5. The van der Waals surface area contributed by atoms with E-state index in [1.165, 1.54) is 12.8 Å². The lowest BCUT2D eigenvalue weighted by atomic mass is 10.2. The van der Waals surface area contributed by atoms with Crippen LogP contribution >= 0.6 is 24.0 Å². The Bertz CT molecular complexity index is 495. The molecule has 5 nitrogen and oxygen atoms in total. The van der Waals surface area contributed by atoms with Gasteiger partial charge in [-0.2, -0.15) is 0 Å². The number of nitrogens with one attached hydrogen (secondary N) is 1. The average Bonchev–Trinajstić information content (AvgIpc) is 2.97. The Balaban J connectivity index is 0.00000242. The number of anilines is 1. The number of hydrogen-bond donors (Lipinski definition) is 2. The van der Waals surface area contributed by atoms with Crippen LogP contribution in [0.1, 0.15) is 37.9 Å². The maximum Gasteiger partial charge on any atom is 0.188 e. The van der Waals surface area contributed by atoms with Crippen molar-refractivity contribution in [3.8, 4) is 0 Å². The number of nitrogens with two attached hydrogens (primary N) is 1. The Kier molecular flexibility index (Phi) is 7.92. The first-order chi connectivity index (χ1) is 10.1. The third-order valence-corrected chi connectivity index (χ3v) is 3.61. The molecule has 1 aromatic rings. The van der Waals surface area contributed by atoms with Crippen LogP contribution in [0.4, 0.5) is 5.82 Å². The lowest BCUT2D eigenvalue weighted by Gasteiger charge is -2.20. The molecule has 0 aliphatic carbocycles. The molecule has 0 bridgehead atoms. The monoisotopic (exact) mass is 417 g/mol. The van der Waals surface area contributed by atoms with Crippen molar-refractivity contribution in [2.24, 2.45) is 16.6 Å². The van der Waals surface area contributed by atoms with Gasteiger partial charge in [0.2, 0.25) is 0 Å². The summed E-state index contributed by atoms with van der Waals surface area (Å²) in [6.07, 6.45) is 2.49. The van der Waals surface area contributed by atoms with Crippen LogP contribution in [-0.4, -0.2) is 30.6 Å². The third kappa shape index (κ3) is 5.62. The van der Waals surface area contributed by atoms with E-state index < -0.39 is 0 Å². The van der Waals surface area contributed by atoms with Crippen LogP contribution in [0.5, 0.6) is 0 Å². The fourth-order valence-corrected chi connectivity index (χ4v) is 2.43. The van der Waals surface area contributed by atoms with E-state index in [0.717, 1.165) is 36.7 Å². The number of guanidine groups is 1. The summed E-state index contributed by atoms with van der Waals surface area (Å²) in [6.45, 7) is 9.94. The van der Waals surface area contributed by atoms with Gasteiger partial charge < -0.3 is 16.0 Å². The maximum absolute atomic E-state index is 5.91. The van der Waals surface area contributed by atoms with E-state index in [4.69, 9.17) is 10.7 Å². The molecule has 2 rings (SSSR count). The molecule has 1 aromatic heterocycles. The van der Waals surface area contributed by atoms with Gasteiger partial charge >= 0.3 is 0 Å². The van der Waals surface area contributed by atoms with Gasteiger partial charge in [0, 0.05) is 30.9 Å². The molecule has 0 unspecified atom stereocenters. The second-order valence-corrected chi connectivity index (χ2v) is 6.11. The van der Waals surface area contributed by atoms with Crippen molar-refractivity contribution < 1.29 is 0 Å². The van der Waals surface area contributed by atoms with Crippen molar-refractivity contribution in [1.29, 1.82) is 0 Å². The average molecular weight is 417 g/mol. The van der Waals surface area contributed by atoms with Crippen molar-refractivity contribution >= 4 is 35.8 Å². The van der Waals surface area contributed by atoms with Crippen LogP contribution in [-0.2, 0) is 6.54 Å². The zero-order chi connectivity index (χ0) is 15.2. The Morgan fingerprint density at radius 2 is 2.05 bits per heavy atom. The van der Waals surface area contributed by atoms with Gasteiger partial charge in [0.15, 0.2) is 5.96 Å². The summed E-state index contributed by atoms with van der Waals surface area (Å²) < 4.78 is 0. The Hall–Kier alpha value is -1.05. The number of nitrogens with zero attached hydrogens (tertiary/aromatic N) is 3.